The molecule has 0 aliphatic carbocycles. The summed E-state index contributed by atoms with van der Waals surface area (Å²) in [5, 5.41) is 0. The molecule has 0 fully saturated rings. The molecule has 0 saturated heterocycles. The first-order valence-electron chi connectivity index (χ1n) is 5.59. The fourth-order valence-electron chi connectivity index (χ4n) is 1.29. The predicted octanol–water partition coefficient (Wildman–Crippen LogP) is 2.66. The molecular weight excluding hydrogens is 300 g/mol. The van der Waals surface area contributed by atoms with Crippen molar-refractivity contribution in [1.82, 2.24) is 0 Å². The summed E-state index contributed by atoms with van der Waals surface area (Å²) < 4.78 is 11.0. The molecule has 0 N–H and O–H groups in total. The van der Waals surface area contributed by atoms with Crippen LogP contribution in [0.15, 0.2) is 22.7 Å². The van der Waals surface area contributed by atoms with Crippen LogP contribution < -0.4 is 4.74 Å². The third-order valence-corrected chi connectivity index (χ3v) is 3.07. The topological polar surface area (TPSA) is 52.6 Å². The van der Waals surface area contributed by atoms with Crippen molar-refractivity contribution in [3.05, 3.63) is 28.2 Å². The van der Waals surface area contributed by atoms with Gasteiger partial charge < -0.3 is 9.47 Å². The van der Waals surface area contributed by atoms with E-state index in [0.717, 1.165) is 10.0 Å². The van der Waals surface area contributed by atoms with Gasteiger partial charge >= 0.3 is 5.97 Å². The standard InChI is InChI=1S/C13H15BrO4/c1-3-17-13(16)7-10(15)8-18-11-4-5-12(14)9(2)6-11/h4-6H,3,7-8H2,1-2H3. The maximum Gasteiger partial charge on any atom is 0.313 e. The Morgan fingerprint density at radius 3 is 2.67 bits per heavy atom. The molecule has 18 heavy (non-hydrogen) atoms. The van der Waals surface area contributed by atoms with Gasteiger partial charge in [-0.05, 0) is 37.6 Å². The van der Waals surface area contributed by atoms with E-state index in [1.54, 1.807) is 13.0 Å². The van der Waals surface area contributed by atoms with E-state index in [1.807, 2.05) is 19.1 Å². The summed E-state index contributed by atoms with van der Waals surface area (Å²) in [6.07, 6.45) is -0.247. The summed E-state index contributed by atoms with van der Waals surface area (Å²) in [5.74, 6) is -0.208. The van der Waals surface area contributed by atoms with Crippen LogP contribution in [0.2, 0.25) is 0 Å². The Labute approximate surface area is 114 Å². The van der Waals surface area contributed by atoms with E-state index >= 15 is 0 Å². The van der Waals surface area contributed by atoms with Gasteiger partial charge in [-0.1, -0.05) is 15.9 Å². The van der Waals surface area contributed by atoms with Crippen molar-refractivity contribution in [1.29, 1.82) is 0 Å². The number of rotatable bonds is 6. The number of carbonyl (C=O) groups is 2. The molecule has 0 saturated carbocycles. The maximum atomic E-state index is 11.4. The van der Waals surface area contributed by atoms with E-state index in [4.69, 9.17) is 4.74 Å². The van der Waals surface area contributed by atoms with Gasteiger partial charge in [0, 0.05) is 4.47 Å². The number of carbonyl (C=O) groups excluding carboxylic acids is 2. The van der Waals surface area contributed by atoms with Crippen molar-refractivity contribution >= 4 is 27.7 Å². The summed E-state index contributed by atoms with van der Waals surface area (Å²) in [5.41, 5.74) is 1.02. The van der Waals surface area contributed by atoms with Crippen LogP contribution in [-0.4, -0.2) is 25.0 Å². The van der Waals surface area contributed by atoms with E-state index < -0.39 is 5.97 Å². The summed E-state index contributed by atoms with van der Waals surface area (Å²) >= 11 is 3.38. The summed E-state index contributed by atoms with van der Waals surface area (Å²) in [7, 11) is 0. The average Bonchev–Trinajstić information content (AvgIpc) is 2.31. The van der Waals surface area contributed by atoms with E-state index in [1.165, 1.54) is 0 Å². The fourth-order valence-corrected chi connectivity index (χ4v) is 1.54. The van der Waals surface area contributed by atoms with Crippen molar-refractivity contribution < 1.29 is 19.1 Å². The largest absolute Gasteiger partial charge is 0.486 e. The van der Waals surface area contributed by atoms with Crippen molar-refractivity contribution in [3.63, 3.8) is 0 Å². The fraction of sp³-hybridized carbons (Fsp3) is 0.385. The molecule has 0 bridgehead atoms. The summed E-state index contributed by atoms with van der Waals surface area (Å²) in [6.45, 7) is 3.78. The molecule has 0 aliphatic heterocycles. The second-order valence-electron chi connectivity index (χ2n) is 3.72. The Balaban J connectivity index is 2.42. The molecule has 5 heteroatoms. The molecule has 0 atom stereocenters. The molecule has 0 aromatic heterocycles. The highest BCUT2D eigenvalue weighted by Crippen LogP contribution is 2.21. The lowest BCUT2D eigenvalue weighted by Crippen LogP contribution is -2.17. The Kier molecular flexibility index (Phi) is 5.85. The SMILES string of the molecule is CCOC(=O)CC(=O)COc1ccc(Br)c(C)c1. The molecular formula is C13H15BrO4. The number of benzene rings is 1. The number of esters is 1. The summed E-state index contributed by atoms with van der Waals surface area (Å²) in [4.78, 5) is 22.5. The molecule has 0 radical (unpaired) electrons. The van der Waals surface area contributed by atoms with Crippen molar-refractivity contribution in [2.45, 2.75) is 20.3 Å². The van der Waals surface area contributed by atoms with Crippen LogP contribution >= 0.6 is 15.9 Å². The molecule has 98 valence electrons. The zero-order chi connectivity index (χ0) is 13.5. The number of hydrogen-bond donors (Lipinski definition) is 0. The van der Waals surface area contributed by atoms with Crippen LogP contribution in [0, 0.1) is 6.92 Å². The van der Waals surface area contributed by atoms with Gasteiger partial charge in [0.05, 0.1) is 6.61 Å². The Hall–Kier alpha value is -1.36. The quantitative estimate of drug-likeness (QED) is 0.598. The molecule has 0 spiro atoms. The van der Waals surface area contributed by atoms with Crippen LogP contribution in [0.3, 0.4) is 0 Å². The van der Waals surface area contributed by atoms with Gasteiger partial charge in [0.15, 0.2) is 5.78 Å². The lowest BCUT2D eigenvalue weighted by molar-refractivity contribution is -0.145. The number of halogens is 1. The first kappa shape index (κ1) is 14.7. The van der Waals surface area contributed by atoms with Gasteiger partial charge in [-0.3, -0.25) is 9.59 Å². The Morgan fingerprint density at radius 1 is 1.33 bits per heavy atom. The van der Waals surface area contributed by atoms with Gasteiger partial charge in [-0.25, -0.2) is 0 Å². The first-order chi connectivity index (χ1) is 8.52. The van der Waals surface area contributed by atoms with Crippen molar-refractivity contribution in [2.24, 2.45) is 0 Å². The summed E-state index contributed by atoms with van der Waals surface area (Å²) in [6, 6.07) is 5.43. The van der Waals surface area contributed by atoms with E-state index in [2.05, 4.69) is 20.7 Å². The predicted molar refractivity (Wildman–Crippen MR) is 70.6 cm³/mol. The monoisotopic (exact) mass is 314 g/mol. The minimum absolute atomic E-state index is 0.125. The third-order valence-electron chi connectivity index (χ3n) is 2.18. The highest BCUT2D eigenvalue weighted by molar-refractivity contribution is 9.10. The number of ether oxygens (including phenoxy) is 2. The average molecular weight is 315 g/mol. The normalized spacial score (nSPS) is 9.94. The molecule has 0 unspecified atom stereocenters. The molecule has 1 aromatic carbocycles. The second kappa shape index (κ2) is 7.16. The number of hydrogen-bond acceptors (Lipinski definition) is 4. The number of aryl methyl sites for hydroxylation is 1. The number of ketones is 1. The molecule has 1 aromatic rings. The van der Waals surface area contributed by atoms with Crippen molar-refractivity contribution in [3.8, 4) is 5.75 Å². The van der Waals surface area contributed by atoms with Crippen LogP contribution in [0.1, 0.15) is 18.9 Å². The zero-order valence-electron chi connectivity index (χ0n) is 10.4. The van der Waals surface area contributed by atoms with Crippen LogP contribution in [0.5, 0.6) is 5.75 Å². The molecule has 0 amide bonds. The lowest BCUT2D eigenvalue weighted by Gasteiger charge is -2.07. The molecule has 4 nitrogen and oxygen atoms in total. The van der Waals surface area contributed by atoms with Gasteiger partial charge in [0.25, 0.3) is 0 Å². The second-order valence-corrected chi connectivity index (χ2v) is 4.57. The van der Waals surface area contributed by atoms with Gasteiger partial charge in [0.1, 0.15) is 18.8 Å². The highest BCUT2D eigenvalue weighted by Gasteiger charge is 2.11. The van der Waals surface area contributed by atoms with Crippen LogP contribution in [0.4, 0.5) is 0 Å². The van der Waals surface area contributed by atoms with Crippen molar-refractivity contribution in [2.75, 3.05) is 13.2 Å². The molecule has 1 rings (SSSR count). The van der Waals surface area contributed by atoms with Gasteiger partial charge in [-0.15, -0.1) is 0 Å². The van der Waals surface area contributed by atoms with E-state index in [9.17, 15) is 9.59 Å². The minimum atomic E-state index is -0.516. The zero-order valence-corrected chi connectivity index (χ0v) is 12.0. The Morgan fingerprint density at radius 2 is 2.06 bits per heavy atom. The van der Waals surface area contributed by atoms with E-state index in [-0.39, 0.29) is 25.4 Å². The Bertz CT molecular complexity index is 443. The molecule has 0 heterocycles. The van der Waals surface area contributed by atoms with Gasteiger partial charge in [0.2, 0.25) is 0 Å². The van der Waals surface area contributed by atoms with Gasteiger partial charge in [-0.2, -0.15) is 0 Å². The van der Waals surface area contributed by atoms with E-state index in [0.29, 0.717) is 5.75 Å². The maximum absolute atomic E-state index is 11.4. The third kappa shape index (κ3) is 4.87. The van der Waals surface area contributed by atoms with Crippen LogP contribution in [-0.2, 0) is 14.3 Å². The smallest absolute Gasteiger partial charge is 0.313 e. The van der Waals surface area contributed by atoms with Crippen LogP contribution in [0.25, 0.3) is 0 Å². The molecule has 0 aliphatic rings. The highest BCUT2D eigenvalue weighted by atomic mass is 79.9. The lowest BCUT2D eigenvalue weighted by atomic mass is 10.2. The first-order valence-corrected chi connectivity index (χ1v) is 6.38. The minimum Gasteiger partial charge on any atom is -0.486 e. The number of Topliss-reactive ketones (excluding diaryl/α,β-unsaturated/α-hetero) is 1.